The molecule has 10 nitrogen and oxygen atoms in total. The maximum absolute atomic E-state index is 9.00. The number of nitriles is 2. The van der Waals surface area contributed by atoms with Crippen molar-refractivity contribution in [3.05, 3.63) is 17.8 Å². The van der Waals surface area contributed by atoms with Crippen LogP contribution in [0.4, 0.5) is 0 Å². The maximum Gasteiger partial charge on any atom is 0.204 e. The second kappa shape index (κ2) is 12.7. The summed E-state index contributed by atoms with van der Waals surface area (Å²) in [7, 11) is 3.21. The van der Waals surface area contributed by atoms with Crippen LogP contribution in [-0.2, 0) is 11.5 Å². The third-order valence-corrected chi connectivity index (χ3v) is 5.26. The van der Waals surface area contributed by atoms with Gasteiger partial charge in [0.05, 0.1) is 11.4 Å². The van der Waals surface area contributed by atoms with E-state index in [4.69, 9.17) is 25.8 Å². The highest BCUT2D eigenvalue weighted by Crippen LogP contribution is 2.20. The smallest absolute Gasteiger partial charge is 0.204 e. The molecule has 0 spiro atoms. The van der Waals surface area contributed by atoms with Crippen LogP contribution in [-0.4, -0.2) is 65.4 Å². The Hall–Kier alpha value is -2.57. The highest BCUT2D eigenvalue weighted by molar-refractivity contribution is 7.98. The van der Waals surface area contributed by atoms with Gasteiger partial charge in [-0.1, -0.05) is 0 Å². The van der Waals surface area contributed by atoms with Gasteiger partial charge in [-0.2, -0.15) is 34.0 Å². The number of hydrogen-bond donors (Lipinski definition) is 4. The van der Waals surface area contributed by atoms with E-state index in [2.05, 4.69) is 15.6 Å². The van der Waals surface area contributed by atoms with Crippen molar-refractivity contribution in [3.8, 4) is 12.4 Å². The van der Waals surface area contributed by atoms with E-state index in [1.54, 1.807) is 37.6 Å². The Labute approximate surface area is 167 Å². The molecule has 0 aliphatic carbocycles. The van der Waals surface area contributed by atoms with Crippen molar-refractivity contribution in [2.45, 2.75) is 11.5 Å². The monoisotopic (exact) mass is 409 g/mol. The van der Waals surface area contributed by atoms with Gasteiger partial charge in [0.15, 0.2) is 18.8 Å². The molecule has 0 radical (unpaired) electrons. The average molecular weight is 410 g/mol. The van der Waals surface area contributed by atoms with E-state index in [1.807, 2.05) is 12.4 Å². The molecule has 0 aliphatic rings. The Bertz CT molecular complexity index is 638. The summed E-state index contributed by atoms with van der Waals surface area (Å²) in [5.74, 6) is 3.60. The Kier molecular flexibility index (Phi) is 10.6. The molecule has 0 bridgehead atoms. The summed E-state index contributed by atoms with van der Waals surface area (Å²) < 4.78 is 5.44. The molecule has 0 saturated carbocycles. The minimum Gasteiger partial charge on any atom is -0.447 e. The van der Waals surface area contributed by atoms with Crippen LogP contribution >= 0.6 is 23.5 Å². The van der Waals surface area contributed by atoms with Crippen LogP contribution in [0.3, 0.4) is 0 Å². The average Bonchev–Trinajstić information content (AvgIpc) is 3.14. The van der Waals surface area contributed by atoms with Crippen LogP contribution in [0.1, 0.15) is 11.5 Å². The standard InChI is InChI=1S/C15H23N9OS2/c1-20-14(18)23(9-16)3-5-26-7-12-13(25-11-22-12)8-27-6-4-24(10-17)15(19)21-2/h11H,3-8H2,1-2H3,(H2,18,20)(H2,19,21). The van der Waals surface area contributed by atoms with Crippen molar-refractivity contribution < 1.29 is 4.42 Å². The molecule has 146 valence electrons. The number of aromatic nitrogens is 1. The van der Waals surface area contributed by atoms with Crippen LogP contribution in [0.15, 0.2) is 10.8 Å². The molecule has 1 aromatic rings. The van der Waals surface area contributed by atoms with Crippen molar-refractivity contribution >= 4 is 35.4 Å². The first kappa shape index (κ1) is 22.5. The Balaban J connectivity index is 2.34. The summed E-state index contributed by atoms with van der Waals surface area (Å²) >= 11 is 3.22. The molecule has 27 heavy (non-hydrogen) atoms. The molecular formula is C15H23N9OS2. The van der Waals surface area contributed by atoms with Gasteiger partial charge < -0.3 is 15.1 Å². The molecule has 0 aliphatic heterocycles. The molecule has 0 saturated heterocycles. The highest BCUT2D eigenvalue weighted by Gasteiger charge is 2.11. The van der Waals surface area contributed by atoms with Gasteiger partial charge in [0.2, 0.25) is 11.9 Å². The van der Waals surface area contributed by atoms with Crippen molar-refractivity contribution in [1.29, 1.82) is 21.3 Å². The van der Waals surface area contributed by atoms with Gasteiger partial charge in [-0.15, -0.1) is 0 Å². The molecule has 0 aromatic carbocycles. The fraction of sp³-hybridized carbons (Fsp3) is 0.533. The number of hydrogen-bond acceptors (Lipinski definition) is 8. The summed E-state index contributed by atoms with van der Waals surface area (Å²) in [6.07, 6.45) is 5.35. The SMILES string of the molecule is CNC(=N)N(C#N)CCSCc1ncoc1CSCCN(C#N)C(=N)NC. The number of nitrogens with one attached hydrogen (secondary N) is 4. The van der Waals surface area contributed by atoms with Crippen LogP contribution in [0.2, 0.25) is 0 Å². The summed E-state index contributed by atoms with van der Waals surface area (Å²) in [5, 5.41) is 38.5. The minimum absolute atomic E-state index is 0.0765. The quantitative estimate of drug-likeness (QED) is 0.145. The molecule has 1 aromatic heterocycles. The number of thioether (sulfide) groups is 2. The van der Waals surface area contributed by atoms with Gasteiger partial charge >= 0.3 is 0 Å². The third-order valence-electron chi connectivity index (χ3n) is 3.37. The lowest BCUT2D eigenvalue weighted by Crippen LogP contribution is -2.36. The first-order valence-electron chi connectivity index (χ1n) is 8.01. The zero-order valence-corrected chi connectivity index (χ0v) is 16.9. The van der Waals surface area contributed by atoms with Crippen LogP contribution in [0, 0.1) is 33.7 Å². The Morgan fingerprint density at radius 2 is 1.59 bits per heavy atom. The number of oxazole rings is 1. The second-order valence-electron chi connectivity index (χ2n) is 5.03. The maximum atomic E-state index is 9.00. The van der Waals surface area contributed by atoms with Crippen molar-refractivity contribution in [1.82, 2.24) is 25.4 Å². The van der Waals surface area contributed by atoms with E-state index >= 15 is 0 Å². The fourth-order valence-electron chi connectivity index (χ4n) is 1.87. The number of rotatable bonds is 10. The fourth-order valence-corrected chi connectivity index (χ4v) is 3.63. The molecule has 0 unspecified atom stereocenters. The zero-order valence-electron chi connectivity index (χ0n) is 15.3. The van der Waals surface area contributed by atoms with E-state index in [0.29, 0.717) is 36.1 Å². The molecule has 0 atom stereocenters. The van der Waals surface area contributed by atoms with E-state index < -0.39 is 0 Å². The predicted molar refractivity (Wildman–Crippen MR) is 107 cm³/mol. The Morgan fingerprint density at radius 1 is 1.07 bits per heavy atom. The van der Waals surface area contributed by atoms with Crippen molar-refractivity contribution in [2.24, 2.45) is 0 Å². The molecular weight excluding hydrogens is 386 g/mol. The number of nitrogens with zero attached hydrogens (tertiary/aromatic N) is 5. The number of guanidine groups is 2. The van der Waals surface area contributed by atoms with Crippen LogP contribution < -0.4 is 10.6 Å². The molecule has 0 fully saturated rings. The van der Waals surface area contributed by atoms with Crippen LogP contribution in [0.5, 0.6) is 0 Å². The van der Waals surface area contributed by atoms with Gasteiger partial charge in [0.1, 0.15) is 5.76 Å². The lowest BCUT2D eigenvalue weighted by Gasteiger charge is -2.15. The van der Waals surface area contributed by atoms with Gasteiger partial charge in [-0.05, 0) is 0 Å². The summed E-state index contributed by atoms with van der Waals surface area (Å²) in [5.41, 5.74) is 0.861. The molecule has 12 heteroatoms. The van der Waals surface area contributed by atoms with Gasteiger partial charge in [0, 0.05) is 44.4 Å². The zero-order chi connectivity index (χ0) is 20.1. The molecule has 0 amide bonds. The normalized spacial score (nSPS) is 9.78. The largest absolute Gasteiger partial charge is 0.447 e. The minimum atomic E-state index is 0.0765. The van der Waals surface area contributed by atoms with E-state index in [0.717, 1.165) is 11.5 Å². The predicted octanol–water partition coefficient (Wildman–Crippen LogP) is 1.02. The summed E-state index contributed by atoms with van der Waals surface area (Å²) in [6.45, 7) is 0.894. The lowest BCUT2D eigenvalue weighted by molar-refractivity contribution is 0.521. The Morgan fingerprint density at radius 3 is 2.07 bits per heavy atom. The van der Waals surface area contributed by atoms with Crippen molar-refractivity contribution in [3.63, 3.8) is 0 Å². The highest BCUT2D eigenvalue weighted by atomic mass is 32.2. The van der Waals surface area contributed by atoms with Gasteiger partial charge in [-0.3, -0.25) is 10.8 Å². The summed E-state index contributed by atoms with van der Waals surface area (Å²) in [4.78, 5) is 6.81. The van der Waals surface area contributed by atoms with Crippen molar-refractivity contribution in [2.75, 3.05) is 38.7 Å². The molecule has 1 rings (SSSR count). The first-order valence-corrected chi connectivity index (χ1v) is 10.3. The van der Waals surface area contributed by atoms with Gasteiger partial charge in [-0.25, -0.2) is 14.8 Å². The van der Waals surface area contributed by atoms with Crippen LogP contribution in [0.25, 0.3) is 0 Å². The third kappa shape index (κ3) is 7.68. The lowest BCUT2D eigenvalue weighted by atomic mass is 10.4. The molecule has 4 N–H and O–H groups in total. The first-order chi connectivity index (χ1) is 13.1. The summed E-state index contributed by atoms with van der Waals surface area (Å²) in [6, 6.07) is 0. The van der Waals surface area contributed by atoms with Gasteiger partial charge in [0.25, 0.3) is 0 Å². The van der Waals surface area contributed by atoms with E-state index in [9.17, 15) is 0 Å². The molecule has 1 heterocycles. The van der Waals surface area contributed by atoms with E-state index in [-0.39, 0.29) is 11.9 Å². The topological polar surface area (TPSA) is 152 Å². The second-order valence-corrected chi connectivity index (χ2v) is 7.24. The van der Waals surface area contributed by atoms with E-state index in [1.165, 1.54) is 16.2 Å².